The van der Waals surface area contributed by atoms with Crippen LogP contribution in [-0.4, -0.2) is 18.4 Å². The zero-order valence-corrected chi connectivity index (χ0v) is 8.72. The lowest BCUT2D eigenvalue weighted by atomic mass is 10.2. The molecule has 0 aliphatic heterocycles. The van der Waals surface area contributed by atoms with Gasteiger partial charge in [0.05, 0.1) is 18.2 Å². The van der Waals surface area contributed by atoms with E-state index in [9.17, 15) is 13.6 Å². The fourth-order valence-electron chi connectivity index (χ4n) is 1.00. The summed E-state index contributed by atoms with van der Waals surface area (Å²) in [4.78, 5) is 14.1. The molecule has 76 valence electrons. The van der Waals surface area contributed by atoms with Gasteiger partial charge < -0.3 is 4.74 Å². The van der Waals surface area contributed by atoms with Crippen molar-refractivity contribution in [3.8, 4) is 5.75 Å². The van der Waals surface area contributed by atoms with Gasteiger partial charge in [0.1, 0.15) is 10.4 Å². The third-order valence-corrected chi connectivity index (χ3v) is 2.23. The van der Waals surface area contributed by atoms with Gasteiger partial charge in [-0.15, -0.1) is 0 Å². The zero-order chi connectivity index (χ0) is 10.7. The van der Waals surface area contributed by atoms with Crippen molar-refractivity contribution in [1.29, 1.82) is 0 Å². The van der Waals surface area contributed by atoms with E-state index in [2.05, 4.69) is 20.9 Å². The first-order valence-electron chi connectivity index (χ1n) is 3.57. The summed E-state index contributed by atoms with van der Waals surface area (Å²) in [5.74, 6) is -0.142. The molecular formula is C8H6BrF2NO2. The Morgan fingerprint density at radius 1 is 1.64 bits per heavy atom. The molecule has 1 aromatic heterocycles. The van der Waals surface area contributed by atoms with Crippen molar-refractivity contribution in [2.24, 2.45) is 0 Å². The Bertz CT molecular complexity index is 357. The summed E-state index contributed by atoms with van der Waals surface area (Å²) < 4.78 is 29.8. The number of alkyl halides is 2. The first kappa shape index (κ1) is 11.0. The lowest BCUT2D eigenvalue weighted by molar-refractivity contribution is 0.111. The fourth-order valence-corrected chi connectivity index (χ4v) is 1.46. The summed E-state index contributed by atoms with van der Waals surface area (Å²) in [6, 6.07) is 0. The largest absolute Gasteiger partial charge is 0.495 e. The van der Waals surface area contributed by atoms with E-state index >= 15 is 0 Å². The van der Waals surface area contributed by atoms with Gasteiger partial charge in [-0.3, -0.25) is 4.79 Å². The summed E-state index contributed by atoms with van der Waals surface area (Å²) >= 11 is 2.86. The summed E-state index contributed by atoms with van der Waals surface area (Å²) in [6.45, 7) is 0. The lowest BCUT2D eigenvalue weighted by Crippen LogP contribution is -2.00. The number of hydrogen-bond acceptors (Lipinski definition) is 3. The maximum atomic E-state index is 12.5. The minimum Gasteiger partial charge on any atom is -0.495 e. The maximum Gasteiger partial charge on any atom is 0.270 e. The van der Waals surface area contributed by atoms with Crippen LogP contribution >= 0.6 is 15.9 Å². The van der Waals surface area contributed by atoms with Crippen LogP contribution in [0.15, 0.2) is 10.8 Å². The van der Waals surface area contributed by atoms with Crippen LogP contribution in [0, 0.1) is 0 Å². The average Bonchev–Trinajstić information content (AvgIpc) is 2.16. The van der Waals surface area contributed by atoms with Gasteiger partial charge in [0.2, 0.25) is 0 Å². The molecule has 0 bridgehead atoms. The number of ether oxygens (including phenoxy) is 1. The van der Waals surface area contributed by atoms with E-state index in [1.165, 1.54) is 13.3 Å². The Balaban J connectivity index is 3.42. The topological polar surface area (TPSA) is 39.2 Å². The molecule has 1 heterocycles. The highest BCUT2D eigenvalue weighted by molar-refractivity contribution is 9.10. The normalized spacial score (nSPS) is 10.4. The Morgan fingerprint density at radius 3 is 2.71 bits per heavy atom. The van der Waals surface area contributed by atoms with Crippen molar-refractivity contribution >= 4 is 22.2 Å². The Morgan fingerprint density at radius 2 is 2.29 bits per heavy atom. The average molecular weight is 266 g/mol. The molecule has 0 aliphatic rings. The van der Waals surface area contributed by atoms with Crippen molar-refractivity contribution in [2.75, 3.05) is 7.11 Å². The molecule has 0 aliphatic carbocycles. The van der Waals surface area contributed by atoms with E-state index in [1.54, 1.807) is 0 Å². The van der Waals surface area contributed by atoms with Crippen molar-refractivity contribution in [3.05, 3.63) is 21.9 Å². The van der Waals surface area contributed by atoms with Gasteiger partial charge in [-0.1, -0.05) is 0 Å². The molecule has 0 saturated heterocycles. The third-order valence-electron chi connectivity index (χ3n) is 1.60. The molecule has 14 heavy (non-hydrogen) atoms. The smallest absolute Gasteiger partial charge is 0.270 e. The molecule has 0 atom stereocenters. The van der Waals surface area contributed by atoms with E-state index in [4.69, 9.17) is 4.74 Å². The van der Waals surface area contributed by atoms with Crippen LogP contribution < -0.4 is 4.74 Å². The first-order chi connectivity index (χ1) is 6.61. The van der Waals surface area contributed by atoms with Gasteiger partial charge >= 0.3 is 0 Å². The van der Waals surface area contributed by atoms with Gasteiger partial charge in [0.15, 0.2) is 6.29 Å². The second kappa shape index (κ2) is 4.45. The number of hydrogen-bond donors (Lipinski definition) is 0. The SMILES string of the molecule is COc1c(C=O)cnc(Br)c1C(F)F. The summed E-state index contributed by atoms with van der Waals surface area (Å²) in [7, 11) is 1.22. The standard InChI is InChI=1S/C8H6BrF2NO2/c1-14-6-4(3-13)2-12-7(9)5(6)8(10)11/h2-3,8H,1H3. The molecule has 1 aromatic rings. The molecular weight excluding hydrogens is 260 g/mol. The van der Waals surface area contributed by atoms with Crippen LogP contribution in [0.25, 0.3) is 0 Å². The first-order valence-corrected chi connectivity index (χ1v) is 4.36. The second-order valence-corrected chi connectivity index (χ2v) is 3.12. The van der Waals surface area contributed by atoms with Crippen LogP contribution in [0.4, 0.5) is 8.78 Å². The van der Waals surface area contributed by atoms with Crippen LogP contribution in [0.5, 0.6) is 5.75 Å². The number of aldehydes is 1. The molecule has 1 rings (SSSR count). The van der Waals surface area contributed by atoms with E-state index in [-0.39, 0.29) is 15.9 Å². The minimum atomic E-state index is -2.74. The van der Waals surface area contributed by atoms with Crippen molar-refractivity contribution in [1.82, 2.24) is 4.98 Å². The van der Waals surface area contributed by atoms with Gasteiger partial charge in [-0.25, -0.2) is 13.8 Å². The fraction of sp³-hybridized carbons (Fsp3) is 0.250. The Hall–Kier alpha value is -1.04. The quantitative estimate of drug-likeness (QED) is 0.623. The molecule has 0 spiro atoms. The lowest BCUT2D eigenvalue weighted by Gasteiger charge is -2.10. The van der Waals surface area contributed by atoms with E-state index in [0.717, 1.165) is 0 Å². The predicted molar refractivity (Wildman–Crippen MR) is 48.8 cm³/mol. The van der Waals surface area contributed by atoms with Crippen molar-refractivity contribution in [3.63, 3.8) is 0 Å². The number of rotatable bonds is 3. The third kappa shape index (κ3) is 1.89. The number of carbonyl (C=O) groups is 1. The molecule has 0 saturated carbocycles. The van der Waals surface area contributed by atoms with E-state index < -0.39 is 12.0 Å². The molecule has 0 fully saturated rings. The van der Waals surface area contributed by atoms with Crippen LogP contribution in [-0.2, 0) is 0 Å². The summed E-state index contributed by atoms with van der Waals surface area (Å²) in [5.41, 5.74) is -0.400. The Labute approximate surface area is 87.2 Å². The van der Waals surface area contributed by atoms with Gasteiger partial charge in [-0.05, 0) is 15.9 Å². The molecule has 6 heteroatoms. The van der Waals surface area contributed by atoms with E-state index in [0.29, 0.717) is 6.29 Å². The predicted octanol–water partition coefficient (Wildman–Crippen LogP) is 2.60. The van der Waals surface area contributed by atoms with Gasteiger partial charge in [-0.2, -0.15) is 0 Å². The molecule has 0 amide bonds. The van der Waals surface area contributed by atoms with Crippen LogP contribution in [0.1, 0.15) is 22.3 Å². The highest BCUT2D eigenvalue weighted by Crippen LogP contribution is 2.35. The summed E-state index contributed by atoms with van der Waals surface area (Å²) in [6.07, 6.45) is -1.15. The van der Waals surface area contributed by atoms with Crippen LogP contribution in [0.2, 0.25) is 0 Å². The number of nitrogens with zero attached hydrogens (tertiary/aromatic N) is 1. The number of carbonyl (C=O) groups excluding carboxylic acids is 1. The van der Waals surface area contributed by atoms with Gasteiger partial charge in [0.25, 0.3) is 6.43 Å². The number of aromatic nitrogens is 1. The molecule has 0 N–H and O–H groups in total. The second-order valence-electron chi connectivity index (χ2n) is 2.37. The van der Waals surface area contributed by atoms with Crippen molar-refractivity contribution < 1.29 is 18.3 Å². The maximum absolute atomic E-state index is 12.5. The minimum absolute atomic E-state index is 0.00556. The number of methoxy groups -OCH3 is 1. The summed E-state index contributed by atoms with van der Waals surface area (Å²) in [5, 5.41) is 0. The van der Waals surface area contributed by atoms with E-state index in [1.807, 2.05) is 0 Å². The molecule has 3 nitrogen and oxygen atoms in total. The van der Waals surface area contributed by atoms with Gasteiger partial charge in [0, 0.05) is 6.20 Å². The molecule has 0 aromatic carbocycles. The monoisotopic (exact) mass is 265 g/mol. The van der Waals surface area contributed by atoms with Crippen molar-refractivity contribution in [2.45, 2.75) is 6.43 Å². The molecule has 0 unspecified atom stereocenters. The highest BCUT2D eigenvalue weighted by atomic mass is 79.9. The van der Waals surface area contributed by atoms with Crippen LogP contribution in [0.3, 0.4) is 0 Å². The Kier molecular flexibility index (Phi) is 3.51. The highest BCUT2D eigenvalue weighted by Gasteiger charge is 2.21. The molecule has 0 radical (unpaired) electrons. The number of halogens is 3. The number of pyridine rings is 1. The zero-order valence-electron chi connectivity index (χ0n) is 7.13.